The molecule has 120 valence electrons. The molecule has 1 aliphatic rings. The molecule has 1 aromatic carbocycles. The number of carbonyl (C=O) groups excluding carboxylic acids is 1. The van der Waals surface area contributed by atoms with Crippen LogP contribution in [0.2, 0.25) is 0 Å². The second kappa shape index (κ2) is 7.33. The average Bonchev–Trinajstić information content (AvgIpc) is 2.50. The summed E-state index contributed by atoms with van der Waals surface area (Å²) in [5.74, 6) is -3.98. The zero-order valence-electron chi connectivity index (χ0n) is 12.1. The Morgan fingerprint density at radius 3 is 2.55 bits per heavy atom. The molecule has 1 unspecified atom stereocenters. The minimum Gasteiger partial charge on any atom is -0.481 e. The molecule has 0 aromatic heterocycles. The Balaban J connectivity index is 2.01. The third kappa shape index (κ3) is 4.02. The number of amides is 1. The van der Waals surface area contributed by atoms with E-state index < -0.39 is 35.0 Å². The Morgan fingerprint density at radius 2 is 1.91 bits per heavy atom. The number of carboxylic acid groups (broad SMARTS) is 1. The average molecular weight is 311 g/mol. The summed E-state index contributed by atoms with van der Waals surface area (Å²) in [6, 6.07) is 2.61. The molecule has 1 amide bonds. The van der Waals surface area contributed by atoms with Crippen molar-refractivity contribution in [3.63, 3.8) is 0 Å². The third-order valence-electron chi connectivity index (χ3n) is 4.19. The number of hydrogen-bond donors (Lipinski definition) is 2. The summed E-state index contributed by atoms with van der Waals surface area (Å²) in [6.07, 6.45) is 4.72. The smallest absolute Gasteiger partial charge is 0.308 e. The molecule has 0 heterocycles. The second-order valence-corrected chi connectivity index (χ2v) is 5.68. The molecular weight excluding hydrogens is 292 g/mol. The highest BCUT2D eigenvalue weighted by molar-refractivity contribution is 5.94. The molecule has 1 aliphatic carbocycles. The van der Waals surface area contributed by atoms with Gasteiger partial charge < -0.3 is 10.4 Å². The molecule has 0 radical (unpaired) electrons. The lowest BCUT2D eigenvalue weighted by Gasteiger charge is -2.27. The lowest BCUT2D eigenvalue weighted by Crippen LogP contribution is -2.38. The summed E-state index contributed by atoms with van der Waals surface area (Å²) in [7, 11) is 0. The molecule has 2 N–H and O–H groups in total. The van der Waals surface area contributed by atoms with Crippen molar-refractivity contribution in [2.45, 2.75) is 32.1 Å². The zero-order valence-corrected chi connectivity index (χ0v) is 12.1. The molecule has 22 heavy (non-hydrogen) atoms. The number of hydrogen-bond acceptors (Lipinski definition) is 2. The Kier molecular flexibility index (Phi) is 5.46. The third-order valence-corrected chi connectivity index (χ3v) is 4.19. The molecule has 0 bridgehead atoms. The highest BCUT2D eigenvalue weighted by Crippen LogP contribution is 2.30. The molecule has 0 saturated heterocycles. The van der Waals surface area contributed by atoms with E-state index in [4.69, 9.17) is 0 Å². The van der Waals surface area contributed by atoms with Gasteiger partial charge in [-0.05, 0) is 37.0 Å². The molecule has 4 nitrogen and oxygen atoms in total. The number of aliphatic carboxylic acids is 1. The molecular formula is C16H19F2NO3. The Hall–Kier alpha value is -1.98. The molecule has 1 fully saturated rings. The van der Waals surface area contributed by atoms with Crippen molar-refractivity contribution in [2.75, 3.05) is 6.54 Å². The van der Waals surface area contributed by atoms with Crippen LogP contribution in [0.3, 0.4) is 0 Å². The van der Waals surface area contributed by atoms with Gasteiger partial charge in [-0.1, -0.05) is 19.3 Å². The molecule has 2 rings (SSSR count). The van der Waals surface area contributed by atoms with Gasteiger partial charge in [-0.3, -0.25) is 9.59 Å². The molecule has 0 aliphatic heterocycles. The van der Waals surface area contributed by atoms with Crippen molar-refractivity contribution in [2.24, 2.45) is 11.8 Å². The van der Waals surface area contributed by atoms with Gasteiger partial charge in [0.25, 0.3) is 5.91 Å². The van der Waals surface area contributed by atoms with E-state index >= 15 is 0 Å². The van der Waals surface area contributed by atoms with E-state index in [-0.39, 0.29) is 12.5 Å². The zero-order chi connectivity index (χ0) is 16.1. The Bertz CT molecular complexity index is 556. The number of carboxylic acids is 1. The Morgan fingerprint density at radius 1 is 1.23 bits per heavy atom. The van der Waals surface area contributed by atoms with Crippen LogP contribution < -0.4 is 5.32 Å². The van der Waals surface area contributed by atoms with Gasteiger partial charge in [0.15, 0.2) is 0 Å². The first-order chi connectivity index (χ1) is 10.5. The fourth-order valence-electron chi connectivity index (χ4n) is 2.96. The summed E-state index contributed by atoms with van der Waals surface area (Å²) in [6.45, 7) is -0.0746. The van der Waals surface area contributed by atoms with Crippen LogP contribution in [0.1, 0.15) is 42.5 Å². The highest BCUT2D eigenvalue weighted by atomic mass is 19.1. The van der Waals surface area contributed by atoms with Gasteiger partial charge >= 0.3 is 5.97 Å². The van der Waals surface area contributed by atoms with Crippen molar-refractivity contribution in [1.82, 2.24) is 5.32 Å². The van der Waals surface area contributed by atoms with Crippen LogP contribution in [0.25, 0.3) is 0 Å². The quantitative estimate of drug-likeness (QED) is 0.878. The van der Waals surface area contributed by atoms with E-state index in [0.717, 1.165) is 50.3 Å². The first kappa shape index (κ1) is 16.4. The topological polar surface area (TPSA) is 66.4 Å². The lowest BCUT2D eigenvalue weighted by molar-refractivity contribution is -0.143. The van der Waals surface area contributed by atoms with Crippen LogP contribution in [0.15, 0.2) is 18.2 Å². The van der Waals surface area contributed by atoms with Crippen LogP contribution in [0.5, 0.6) is 0 Å². The molecule has 0 spiro atoms. The van der Waals surface area contributed by atoms with E-state index in [9.17, 15) is 23.5 Å². The van der Waals surface area contributed by atoms with Gasteiger partial charge in [-0.15, -0.1) is 0 Å². The summed E-state index contributed by atoms with van der Waals surface area (Å²) in [4.78, 5) is 23.3. The first-order valence-corrected chi connectivity index (χ1v) is 7.45. The van der Waals surface area contributed by atoms with E-state index in [0.29, 0.717) is 0 Å². The van der Waals surface area contributed by atoms with Gasteiger partial charge in [-0.25, -0.2) is 8.78 Å². The number of benzene rings is 1. The van der Waals surface area contributed by atoms with Crippen LogP contribution >= 0.6 is 0 Å². The van der Waals surface area contributed by atoms with Crippen LogP contribution in [0, 0.1) is 23.5 Å². The summed E-state index contributed by atoms with van der Waals surface area (Å²) >= 11 is 0. The van der Waals surface area contributed by atoms with E-state index in [1.807, 2.05) is 0 Å². The molecule has 1 saturated carbocycles. The monoisotopic (exact) mass is 311 g/mol. The number of carbonyl (C=O) groups is 2. The van der Waals surface area contributed by atoms with Gasteiger partial charge in [-0.2, -0.15) is 0 Å². The highest BCUT2D eigenvalue weighted by Gasteiger charge is 2.30. The Labute approximate surface area is 127 Å². The van der Waals surface area contributed by atoms with Gasteiger partial charge in [0, 0.05) is 6.54 Å². The maximum Gasteiger partial charge on any atom is 0.308 e. The standard InChI is InChI=1S/C16H19F2NO3/c17-11-6-7-14(18)12(8-11)15(20)19-9-13(16(21)22)10-4-2-1-3-5-10/h6-8,10,13H,1-5,9H2,(H,19,20)(H,21,22). The summed E-state index contributed by atoms with van der Waals surface area (Å²) in [5, 5.41) is 11.7. The van der Waals surface area contributed by atoms with Crippen LogP contribution in [-0.4, -0.2) is 23.5 Å². The number of nitrogens with one attached hydrogen (secondary N) is 1. The van der Waals surface area contributed by atoms with Crippen molar-refractivity contribution < 1.29 is 23.5 Å². The van der Waals surface area contributed by atoms with Crippen molar-refractivity contribution in [3.05, 3.63) is 35.4 Å². The van der Waals surface area contributed by atoms with Gasteiger partial charge in [0.2, 0.25) is 0 Å². The molecule has 1 atom stereocenters. The van der Waals surface area contributed by atoms with Crippen molar-refractivity contribution in [3.8, 4) is 0 Å². The minimum absolute atomic E-state index is 0.0175. The SMILES string of the molecule is O=C(NCC(C(=O)O)C1CCCCC1)c1cc(F)ccc1F. The van der Waals surface area contributed by atoms with Crippen LogP contribution in [-0.2, 0) is 4.79 Å². The van der Waals surface area contributed by atoms with Gasteiger partial charge in [0.05, 0.1) is 11.5 Å². The minimum atomic E-state index is -0.966. The fraction of sp³-hybridized carbons (Fsp3) is 0.500. The van der Waals surface area contributed by atoms with Gasteiger partial charge in [0.1, 0.15) is 11.6 Å². The van der Waals surface area contributed by atoms with E-state index in [1.54, 1.807) is 0 Å². The summed E-state index contributed by atoms with van der Waals surface area (Å²) in [5.41, 5.74) is -0.409. The maximum absolute atomic E-state index is 13.5. The molecule has 1 aromatic rings. The van der Waals surface area contributed by atoms with E-state index in [1.165, 1.54) is 0 Å². The second-order valence-electron chi connectivity index (χ2n) is 5.68. The van der Waals surface area contributed by atoms with Crippen molar-refractivity contribution in [1.29, 1.82) is 0 Å². The predicted molar refractivity (Wildman–Crippen MR) is 76.4 cm³/mol. The summed E-state index contributed by atoms with van der Waals surface area (Å²) < 4.78 is 26.6. The van der Waals surface area contributed by atoms with E-state index in [2.05, 4.69) is 5.32 Å². The number of rotatable bonds is 5. The maximum atomic E-state index is 13.5. The van der Waals surface area contributed by atoms with Crippen LogP contribution in [0.4, 0.5) is 8.78 Å². The predicted octanol–water partition coefficient (Wildman–Crippen LogP) is 2.98. The fourth-order valence-corrected chi connectivity index (χ4v) is 2.96. The molecule has 6 heteroatoms. The van der Waals surface area contributed by atoms with Crippen molar-refractivity contribution >= 4 is 11.9 Å². The largest absolute Gasteiger partial charge is 0.481 e. The first-order valence-electron chi connectivity index (χ1n) is 7.45. The lowest BCUT2D eigenvalue weighted by atomic mass is 9.80. The normalized spacial score (nSPS) is 17.0. The number of halogens is 2.